The second-order valence-corrected chi connectivity index (χ2v) is 7.77. The number of pyridine rings is 1. The van der Waals surface area contributed by atoms with Crippen LogP contribution < -0.4 is 4.57 Å². The summed E-state index contributed by atoms with van der Waals surface area (Å²) in [5.74, 6) is 0.673. The Balaban J connectivity index is 2.03. The molecule has 3 aromatic carbocycles. The maximum absolute atomic E-state index is 2.36. The zero-order valence-electron chi connectivity index (χ0n) is 16.1. The van der Waals surface area contributed by atoms with Crippen molar-refractivity contribution in [3.05, 3.63) is 78.0 Å². The van der Waals surface area contributed by atoms with Gasteiger partial charge in [0.05, 0.1) is 10.9 Å². The molecule has 1 heterocycles. The van der Waals surface area contributed by atoms with Gasteiger partial charge in [0.25, 0.3) is 0 Å². The Labute approximate surface area is 155 Å². The van der Waals surface area contributed by atoms with Crippen LogP contribution in [0.3, 0.4) is 0 Å². The number of aryl methyl sites for hydroxylation is 2. The quantitative estimate of drug-likeness (QED) is 0.403. The molecule has 0 aliphatic carbocycles. The Hall–Kier alpha value is -2.67. The molecule has 4 aromatic rings. The zero-order chi connectivity index (χ0) is 18.3. The van der Waals surface area contributed by atoms with Crippen molar-refractivity contribution in [2.24, 2.45) is 13.0 Å². The zero-order valence-corrected chi connectivity index (χ0v) is 16.1. The van der Waals surface area contributed by atoms with Crippen LogP contribution in [0.15, 0.2) is 66.9 Å². The second-order valence-electron chi connectivity index (χ2n) is 7.77. The van der Waals surface area contributed by atoms with Crippen LogP contribution >= 0.6 is 0 Å². The van der Waals surface area contributed by atoms with E-state index >= 15 is 0 Å². The third-order valence-electron chi connectivity index (χ3n) is 5.22. The summed E-state index contributed by atoms with van der Waals surface area (Å²) >= 11 is 0. The number of hydrogen-bond donors (Lipinski definition) is 0. The van der Waals surface area contributed by atoms with Crippen LogP contribution in [0.5, 0.6) is 0 Å². The molecule has 1 nitrogen and oxygen atoms in total. The molecule has 0 saturated heterocycles. The lowest BCUT2D eigenvalue weighted by molar-refractivity contribution is -0.659. The van der Waals surface area contributed by atoms with E-state index in [-0.39, 0.29) is 0 Å². The van der Waals surface area contributed by atoms with Gasteiger partial charge in [-0.2, -0.15) is 0 Å². The van der Waals surface area contributed by atoms with E-state index in [0.29, 0.717) is 5.92 Å². The van der Waals surface area contributed by atoms with E-state index in [9.17, 15) is 0 Å². The maximum Gasteiger partial charge on any atom is 0.221 e. The number of benzene rings is 3. The minimum Gasteiger partial charge on any atom is -0.200 e. The number of rotatable bonds is 3. The molecule has 0 N–H and O–H groups in total. The molecule has 0 aliphatic heterocycles. The molecule has 0 amide bonds. The van der Waals surface area contributed by atoms with Gasteiger partial charge in [-0.05, 0) is 52.6 Å². The van der Waals surface area contributed by atoms with Crippen molar-refractivity contribution in [2.45, 2.75) is 27.2 Å². The van der Waals surface area contributed by atoms with Crippen LogP contribution in [0.4, 0.5) is 0 Å². The van der Waals surface area contributed by atoms with E-state index < -0.39 is 0 Å². The maximum atomic E-state index is 2.36. The van der Waals surface area contributed by atoms with Gasteiger partial charge in [-0.3, -0.25) is 0 Å². The molecule has 0 spiro atoms. The first-order valence-electron chi connectivity index (χ1n) is 9.44. The molecule has 0 atom stereocenters. The van der Waals surface area contributed by atoms with Gasteiger partial charge < -0.3 is 0 Å². The SMILES string of the molecule is Cc1ccc2ccccc2c1-c1c2ccc(CC(C)C)cc2cc[n+]1C. The molecule has 26 heavy (non-hydrogen) atoms. The first kappa shape index (κ1) is 16.8. The minimum absolute atomic E-state index is 0.673. The highest BCUT2D eigenvalue weighted by Crippen LogP contribution is 2.34. The monoisotopic (exact) mass is 340 g/mol. The van der Waals surface area contributed by atoms with Crippen LogP contribution in [-0.2, 0) is 13.5 Å². The van der Waals surface area contributed by atoms with Crippen molar-refractivity contribution in [1.29, 1.82) is 0 Å². The number of hydrogen-bond acceptors (Lipinski definition) is 0. The lowest BCUT2D eigenvalue weighted by atomic mass is 9.92. The van der Waals surface area contributed by atoms with Gasteiger partial charge in [-0.1, -0.05) is 62.4 Å². The Morgan fingerprint density at radius 1 is 0.846 bits per heavy atom. The van der Waals surface area contributed by atoms with Gasteiger partial charge >= 0.3 is 0 Å². The van der Waals surface area contributed by atoms with E-state index in [2.05, 4.69) is 99.2 Å². The average Bonchev–Trinajstić information content (AvgIpc) is 2.62. The van der Waals surface area contributed by atoms with Crippen molar-refractivity contribution in [1.82, 2.24) is 0 Å². The van der Waals surface area contributed by atoms with Gasteiger partial charge in [0, 0.05) is 6.07 Å². The van der Waals surface area contributed by atoms with Crippen LogP contribution in [0, 0.1) is 12.8 Å². The van der Waals surface area contributed by atoms with Gasteiger partial charge in [-0.25, -0.2) is 4.57 Å². The Morgan fingerprint density at radius 3 is 2.46 bits per heavy atom. The van der Waals surface area contributed by atoms with E-state index in [0.717, 1.165) is 6.42 Å². The molecule has 0 fully saturated rings. The third-order valence-corrected chi connectivity index (χ3v) is 5.22. The lowest BCUT2D eigenvalue weighted by Gasteiger charge is -2.12. The lowest BCUT2D eigenvalue weighted by Crippen LogP contribution is -2.30. The summed E-state index contributed by atoms with van der Waals surface area (Å²) in [6, 6.07) is 22.4. The fraction of sp³-hybridized carbons (Fsp3) is 0.240. The molecule has 1 aromatic heterocycles. The summed E-state index contributed by atoms with van der Waals surface area (Å²) in [7, 11) is 2.15. The first-order valence-corrected chi connectivity index (χ1v) is 9.44. The van der Waals surface area contributed by atoms with Crippen LogP contribution in [0.1, 0.15) is 25.0 Å². The Bertz CT molecular complexity index is 1110. The standard InChI is InChI=1S/C25H26N/c1-17(2)15-19-10-12-23-21(16-19)13-14-26(4)25(23)24-18(3)9-11-20-7-5-6-8-22(20)24/h5-14,16-17H,15H2,1-4H3/q+1. The smallest absolute Gasteiger partial charge is 0.200 e. The van der Waals surface area contributed by atoms with E-state index in [1.807, 2.05) is 0 Å². The van der Waals surface area contributed by atoms with Crippen molar-refractivity contribution < 1.29 is 4.57 Å². The average molecular weight is 340 g/mol. The molecule has 1 heteroatoms. The predicted molar refractivity (Wildman–Crippen MR) is 111 cm³/mol. The summed E-state index contributed by atoms with van der Waals surface area (Å²) in [5, 5.41) is 5.26. The van der Waals surface area contributed by atoms with Crippen molar-refractivity contribution in [3.8, 4) is 11.3 Å². The summed E-state index contributed by atoms with van der Waals surface area (Å²) in [4.78, 5) is 0. The largest absolute Gasteiger partial charge is 0.221 e. The molecular weight excluding hydrogens is 314 g/mol. The molecule has 4 rings (SSSR count). The molecule has 0 radical (unpaired) electrons. The van der Waals surface area contributed by atoms with Crippen molar-refractivity contribution >= 4 is 21.5 Å². The molecule has 0 saturated carbocycles. The van der Waals surface area contributed by atoms with Crippen LogP contribution in [-0.4, -0.2) is 0 Å². The second kappa shape index (κ2) is 6.57. The molecule has 0 unspecified atom stereocenters. The van der Waals surface area contributed by atoms with E-state index in [1.165, 1.54) is 43.9 Å². The summed E-state index contributed by atoms with van der Waals surface area (Å²) in [6.07, 6.45) is 3.32. The van der Waals surface area contributed by atoms with Gasteiger partial charge in [0.1, 0.15) is 7.05 Å². The van der Waals surface area contributed by atoms with Gasteiger partial charge in [0.2, 0.25) is 5.69 Å². The van der Waals surface area contributed by atoms with Crippen LogP contribution in [0.25, 0.3) is 32.8 Å². The highest BCUT2D eigenvalue weighted by atomic mass is 14.9. The molecule has 0 bridgehead atoms. The normalized spacial score (nSPS) is 11.6. The number of nitrogens with zero attached hydrogens (tertiary/aromatic N) is 1. The third kappa shape index (κ3) is 2.88. The molecular formula is C25H26N+. The molecule has 130 valence electrons. The van der Waals surface area contributed by atoms with Crippen LogP contribution in [0.2, 0.25) is 0 Å². The predicted octanol–water partition coefficient (Wildman–Crippen LogP) is 5.99. The highest BCUT2D eigenvalue weighted by molar-refractivity contribution is 6.04. The summed E-state index contributed by atoms with van der Waals surface area (Å²) in [5.41, 5.74) is 5.38. The number of fused-ring (bicyclic) bond motifs is 2. The van der Waals surface area contributed by atoms with Crippen molar-refractivity contribution in [2.75, 3.05) is 0 Å². The highest BCUT2D eigenvalue weighted by Gasteiger charge is 2.19. The Morgan fingerprint density at radius 2 is 1.65 bits per heavy atom. The summed E-state index contributed by atoms with van der Waals surface area (Å²) in [6.45, 7) is 6.77. The van der Waals surface area contributed by atoms with Gasteiger partial charge in [0.15, 0.2) is 6.20 Å². The first-order chi connectivity index (χ1) is 12.5. The van der Waals surface area contributed by atoms with E-state index in [1.54, 1.807) is 0 Å². The topological polar surface area (TPSA) is 3.88 Å². The minimum atomic E-state index is 0.673. The van der Waals surface area contributed by atoms with E-state index in [4.69, 9.17) is 0 Å². The van der Waals surface area contributed by atoms with Crippen molar-refractivity contribution in [3.63, 3.8) is 0 Å². The van der Waals surface area contributed by atoms with Gasteiger partial charge in [-0.15, -0.1) is 0 Å². The molecule has 0 aliphatic rings. The number of aromatic nitrogens is 1. The fourth-order valence-corrected chi connectivity index (χ4v) is 4.03. The summed E-state index contributed by atoms with van der Waals surface area (Å²) < 4.78 is 2.26. The Kier molecular flexibility index (Phi) is 4.24. The fourth-order valence-electron chi connectivity index (χ4n) is 4.03.